The molecule has 0 radical (unpaired) electrons. The molecule has 7 heteroatoms. The third kappa shape index (κ3) is 5.87. The molecule has 0 atom stereocenters. The van der Waals surface area contributed by atoms with Crippen molar-refractivity contribution in [2.45, 2.75) is 19.9 Å². The van der Waals surface area contributed by atoms with Crippen molar-refractivity contribution in [2.75, 3.05) is 6.61 Å². The van der Waals surface area contributed by atoms with Crippen LogP contribution in [0.25, 0.3) is 0 Å². The van der Waals surface area contributed by atoms with E-state index in [0.29, 0.717) is 34.5 Å². The summed E-state index contributed by atoms with van der Waals surface area (Å²) < 4.78 is 5.48. The Bertz CT molecular complexity index is 643. The summed E-state index contributed by atoms with van der Waals surface area (Å²) in [5.74, 6) is 0.0933. The van der Waals surface area contributed by atoms with Crippen molar-refractivity contribution in [1.82, 2.24) is 10.9 Å². The van der Waals surface area contributed by atoms with Gasteiger partial charge in [-0.25, -0.2) is 5.43 Å². The van der Waals surface area contributed by atoms with Gasteiger partial charge >= 0.3 is 0 Å². The average Bonchev–Trinajstić information content (AvgIpc) is 2.55. The van der Waals surface area contributed by atoms with Gasteiger partial charge in [-0.15, -0.1) is 12.4 Å². The van der Waals surface area contributed by atoms with Crippen LogP contribution in [-0.4, -0.2) is 12.5 Å². The quantitative estimate of drug-likeness (QED) is 0.678. The largest absolute Gasteiger partial charge is 0.490 e. The van der Waals surface area contributed by atoms with E-state index < -0.39 is 0 Å². The van der Waals surface area contributed by atoms with Crippen LogP contribution in [0.5, 0.6) is 5.75 Å². The fraction of sp³-hybridized carbons (Fsp3) is 0.235. The van der Waals surface area contributed by atoms with Gasteiger partial charge in [0.25, 0.3) is 5.91 Å². The van der Waals surface area contributed by atoms with Crippen LogP contribution in [0.15, 0.2) is 42.5 Å². The third-order valence-electron chi connectivity index (χ3n) is 3.05. The molecule has 0 saturated heterocycles. The molecule has 0 aliphatic carbocycles. The number of carbonyl (C=O) groups is 1. The fourth-order valence-electron chi connectivity index (χ4n) is 1.93. The molecular weight excluding hydrogens is 371 g/mol. The summed E-state index contributed by atoms with van der Waals surface area (Å²) in [5.41, 5.74) is 6.92. The molecular formula is C17H19Cl3N2O2. The number of hydrogen-bond acceptors (Lipinski definition) is 3. The van der Waals surface area contributed by atoms with Gasteiger partial charge in [0.1, 0.15) is 0 Å². The first kappa shape index (κ1) is 20.6. The molecule has 2 aromatic rings. The van der Waals surface area contributed by atoms with Crippen molar-refractivity contribution in [2.24, 2.45) is 0 Å². The first-order chi connectivity index (χ1) is 11.1. The molecule has 0 aliphatic rings. The van der Waals surface area contributed by atoms with Crippen molar-refractivity contribution in [3.63, 3.8) is 0 Å². The summed E-state index contributed by atoms with van der Waals surface area (Å²) in [6, 6.07) is 12.8. The molecule has 2 aromatic carbocycles. The highest BCUT2D eigenvalue weighted by Crippen LogP contribution is 2.34. The van der Waals surface area contributed by atoms with Crippen molar-refractivity contribution in [3.05, 3.63) is 63.6 Å². The first-order valence-corrected chi connectivity index (χ1v) is 8.06. The van der Waals surface area contributed by atoms with E-state index in [-0.39, 0.29) is 18.3 Å². The van der Waals surface area contributed by atoms with Crippen molar-refractivity contribution in [1.29, 1.82) is 0 Å². The molecule has 4 nitrogen and oxygen atoms in total. The lowest BCUT2D eigenvalue weighted by Gasteiger charge is -2.12. The summed E-state index contributed by atoms with van der Waals surface area (Å²) in [6.45, 7) is 3.03. The Morgan fingerprint density at radius 3 is 2.33 bits per heavy atom. The Morgan fingerprint density at radius 1 is 1.12 bits per heavy atom. The predicted octanol–water partition coefficient (Wildman–Crippen LogP) is 4.64. The zero-order chi connectivity index (χ0) is 16.7. The SMILES string of the molecule is CCCOc1c(Cl)cc(C(=O)NNCc2ccccc2)cc1Cl.Cl. The maximum absolute atomic E-state index is 12.1. The molecule has 2 rings (SSSR count). The zero-order valence-electron chi connectivity index (χ0n) is 13.1. The van der Waals surface area contributed by atoms with Crippen LogP contribution in [0.4, 0.5) is 0 Å². The van der Waals surface area contributed by atoms with E-state index in [2.05, 4.69) is 10.9 Å². The Balaban J connectivity index is 0.00000288. The molecule has 1 amide bonds. The number of benzene rings is 2. The summed E-state index contributed by atoms with van der Waals surface area (Å²) in [7, 11) is 0. The maximum Gasteiger partial charge on any atom is 0.265 e. The van der Waals surface area contributed by atoms with Gasteiger partial charge in [-0.1, -0.05) is 60.5 Å². The number of hydrazine groups is 1. The number of hydrogen-bond donors (Lipinski definition) is 2. The molecule has 2 N–H and O–H groups in total. The Morgan fingerprint density at radius 2 is 1.75 bits per heavy atom. The van der Waals surface area contributed by atoms with Gasteiger partial charge in [-0.05, 0) is 24.1 Å². The van der Waals surface area contributed by atoms with Crippen LogP contribution < -0.4 is 15.6 Å². The van der Waals surface area contributed by atoms with E-state index in [0.717, 1.165) is 12.0 Å². The second kappa shape index (κ2) is 10.4. The third-order valence-corrected chi connectivity index (χ3v) is 3.61. The molecule has 0 heterocycles. The highest BCUT2D eigenvalue weighted by molar-refractivity contribution is 6.37. The number of ether oxygens (including phenoxy) is 1. The summed E-state index contributed by atoms with van der Waals surface area (Å²) in [5, 5.41) is 0.637. The van der Waals surface area contributed by atoms with Gasteiger partial charge in [0.05, 0.1) is 16.7 Å². The minimum atomic E-state index is -0.313. The second-order valence-corrected chi connectivity index (χ2v) is 5.73. The van der Waals surface area contributed by atoms with Crippen LogP contribution in [0.3, 0.4) is 0 Å². The number of rotatable bonds is 7. The molecule has 130 valence electrons. The van der Waals surface area contributed by atoms with Gasteiger partial charge < -0.3 is 4.74 Å². The molecule has 24 heavy (non-hydrogen) atoms. The highest BCUT2D eigenvalue weighted by Gasteiger charge is 2.13. The van der Waals surface area contributed by atoms with E-state index in [4.69, 9.17) is 27.9 Å². The van der Waals surface area contributed by atoms with Gasteiger partial charge in [0, 0.05) is 12.1 Å². The molecule has 0 fully saturated rings. The van der Waals surface area contributed by atoms with Crippen LogP contribution in [0.2, 0.25) is 10.0 Å². The van der Waals surface area contributed by atoms with E-state index in [1.807, 2.05) is 37.3 Å². The van der Waals surface area contributed by atoms with Crippen LogP contribution >= 0.6 is 35.6 Å². The van der Waals surface area contributed by atoms with E-state index >= 15 is 0 Å². The second-order valence-electron chi connectivity index (χ2n) is 4.91. The molecule has 0 aromatic heterocycles. The van der Waals surface area contributed by atoms with Gasteiger partial charge in [0.2, 0.25) is 0 Å². The Kier molecular flexibility index (Phi) is 8.93. The minimum absolute atomic E-state index is 0. The lowest BCUT2D eigenvalue weighted by molar-refractivity contribution is 0.0932. The number of carbonyl (C=O) groups excluding carboxylic acids is 1. The molecule has 0 unspecified atom stereocenters. The monoisotopic (exact) mass is 388 g/mol. The van der Waals surface area contributed by atoms with E-state index in [9.17, 15) is 4.79 Å². The predicted molar refractivity (Wildman–Crippen MR) is 100 cm³/mol. The summed E-state index contributed by atoms with van der Waals surface area (Å²) >= 11 is 12.3. The Labute approximate surface area is 157 Å². The fourth-order valence-corrected chi connectivity index (χ4v) is 2.52. The van der Waals surface area contributed by atoms with Crippen LogP contribution in [-0.2, 0) is 6.54 Å². The minimum Gasteiger partial charge on any atom is -0.490 e. The van der Waals surface area contributed by atoms with Crippen molar-refractivity contribution < 1.29 is 9.53 Å². The molecule has 0 bridgehead atoms. The van der Waals surface area contributed by atoms with Crippen LogP contribution in [0, 0.1) is 0 Å². The van der Waals surface area contributed by atoms with E-state index in [1.54, 1.807) is 0 Å². The summed E-state index contributed by atoms with van der Waals surface area (Å²) in [4.78, 5) is 12.1. The number of nitrogens with one attached hydrogen (secondary N) is 2. The van der Waals surface area contributed by atoms with Crippen molar-refractivity contribution >= 4 is 41.5 Å². The molecule has 0 aliphatic heterocycles. The first-order valence-electron chi connectivity index (χ1n) is 7.30. The van der Waals surface area contributed by atoms with Gasteiger partial charge in [-0.2, -0.15) is 0 Å². The van der Waals surface area contributed by atoms with Crippen molar-refractivity contribution in [3.8, 4) is 5.75 Å². The standard InChI is InChI=1S/C17H18Cl2N2O2.ClH/c1-2-8-23-16-14(18)9-13(10-15(16)19)17(22)21-20-11-12-6-4-3-5-7-12;/h3-7,9-10,20H,2,8,11H2,1H3,(H,21,22);1H. The lowest BCUT2D eigenvalue weighted by Crippen LogP contribution is -2.36. The number of amides is 1. The maximum atomic E-state index is 12.1. The smallest absolute Gasteiger partial charge is 0.265 e. The van der Waals surface area contributed by atoms with Gasteiger partial charge in [-0.3, -0.25) is 10.2 Å². The molecule has 0 saturated carbocycles. The summed E-state index contributed by atoms with van der Waals surface area (Å²) in [6.07, 6.45) is 0.846. The van der Waals surface area contributed by atoms with Crippen LogP contribution in [0.1, 0.15) is 29.3 Å². The topological polar surface area (TPSA) is 50.4 Å². The van der Waals surface area contributed by atoms with Gasteiger partial charge in [0.15, 0.2) is 5.75 Å². The Hall–Kier alpha value is -1.46. The number of halogens is 3. The zero-order valence-corrected chi connectivity index (χ0v) is 15.5. The lowest BCUT2D eigenvalue weighted by atomic mass is 10.2. The van der Waals surface area contributed by atoms with E-state index in [1.165, 1.54) is 12.1 Å². The average molecular weight is 390 g/mol. The molecule has 0 spiro atoms. The highest BCUT2D eigenvalue weighted by atomic mass is 35.5. The normalized spacial score (nSPS) is 9.96.